The van der Waals surface area contributed by atoms with E-state index >= 15 is 0 Å². The Labute approximate surface area is 178 Å². The standard InChI is InChI=1S/C18H16Br2N4O4/c1-27-15-5-3-13(19)7-11(15)9-21-23-17(25)18(26)24-22-10-12-8-14(20)4-6-16(12)28-2/h3-10H,1-2H3,(H,23,25)(H,24,26)/b21-9+,22-10+. The van der Waals surface area contributed by atoms with Crippen molar-refractivity contribution in [3.63, 3.8) is 0 Å². The number of methoxy groups -OCH3 is 2. The minimum Gasteiger partial charge on any atom is -0.496 e. The van der Waals surface area contributed by atoms with Gasteiger partial charge >= 0.3 is 11.8 Å². The summed E-state index contributed by atoms with van der Waals surface area (Å²) < 4.78 is 12.0. The van der Waals surface area contributed by atoms with E-state index in [0.717, 1.165) is 8.95 Å². The highest BCUT2D eigenvalue weighted by molar-refractivity contribution is 9.10. The lowest BCUT2D eigenvalue weighted by Crippen LogP contribution is -2.35. The van der Waals surface area contributed by atoms with Crippen molar-refractivity contribution in [3.05, 3.63) is 56.5 Å². The molecule has 0 bridgehead atoms. The van der Waals surface area contributed by atoms with Crippen molar-refractivity contribution < 1.29 is 19.1 Å². The number of hydrogen-bond donors (Lipinski definition) is 2. The molecule has 2 aromatic carbocycles. The topological polar surface area (TPSA) is 101 Å². The number of ether oxygens (including phenoxy) is 2. The van der Waals surface area contributed by atoms with Gasteiger partial charge in [0.1, 0.15) is 11.5 Å². The van der Waals surface area contributed by atoms with Crippen molar-refractivity contribution in [3.8, 4) is 11.5 Å². The van der Waals surface area contributed by atoms with Crippen LogP contribution >= 0.6 is 31.9 Å². The molecule has 0 radical (unpaired) electrons. The Balaban J connectivity index is 1.94. The summed E-state index contributed by atoms with van der Waals surface area (Å²) in [5, 5.41) is 7.51. The molecule has 0 heterocycles. The molecule has 2 amide bonds. The van der Waals surface area contributed by atoms with Gasteiger partial charge in [-0.1, -0.05) is 31.9 Å². The summed E-state index contributed by atoms with van der Waals surface area (Å²) in [7, 11) is 3.04. The molecule has 0 aliphatic heterocycles. The molecule has 0 spiro atoms. The molecular formula is C18H16Br2N4O4. The average molecular weight is 512 g/mol. The highest BCUT2D eigenvalue weighted by Gasteiger charge is 2.11. The van der Waals surface area contributed by atoms with E-state index in [-0.39, 0.29) is 0 Å². The molecule has 0 aromatic heterocycles. The Bertz CT molecular complexity index is 856. The van der Waals surface area contributed by atoms with Crippen molar-refractivity contribution >= 4 is 56.1 Å². The van der Waals surface area contributed by atoms with Crippen LogP contribution in [0.25, 0.3) is 0 Å². The van der Waals surface area contributed by atoms with Crippen LogP contribution in [0.5, 0.6) is 11.5 Å². The van der Waals surface area contributed by atoms with E-state index in [0.29, 0.717) is 22.6 Å². The number of rotatable bonds is 6. The van der Waals surface area contributed by atoms with Gasteiger partial charge in [0.15, 0.2) is 0 Å². The van der Waals surface area contributed by atoms with E-state index in [1.807, 2.05) is 0 Å². The lowest BCUT2D eigenvalue weighted by Gasteiger charge is -2.05. The number of hydrogen-bond acceptors (Lipinski definition) is 6. The monoisotopic (exact) mass is 510 g/mol. The highest BCUT2D eigenvalue weighted by Crippen LogP contribution is 2.22. The second-order valence-corrected chi connectivity index (χ2v) is 7.00. The number of amides is 2. The maximum absolute atomic E-state index is 11.8. The maximum atomic E-state index is 11.8. The molecule has 0 aliphatic carbocycles. The Morgan fingerprint density at radius 1 is 0.821 bits per heavy atom. The number of benzene rings is 2. The van der Waals surface area contributed by atoms with Gasteiger partial charge in [0.25, 0.3) is 0 Å². The molecule has 0 unspecified atom stereocenters. The average Bonchev–Trinajstić information content (AvgIpc) is 2.68. The zero-order valence-electron chi connectivity index (χ0n) is 14.9. The third-order valence-electron chi connectivity index (χ3n) is 3.33. The zero-order valence-corrected chi connectivity index (χ0v) is 18.1. The number of carbonyl (C=O) groups excluding carboxylic acids is 2. The lowest BCUT2D eigenvalue weighted by atomic mass is 10.2. The maximum Gasteiger partial charge on any atom is 0.331 e. The van der Waals surface area contributed by atoms with Gasteiger partial charge in [0, 0.05) is 20.1 Å². The summed E-state index contributed by atoms with van der Waals surface area (Å²) in [6.07, 6.45) is 2.73. The molecule has 0 saturated heterocycles. The summed E-state index contributed by atoms with van der Waals surface area (Å²) in [6, 6.07) is 10.6. The summed E-state index contributed by atoms with van der Waals surface area (Å²) in [4.78, 5) is 23.6. The fraction of sp³-hybridized carbons (Fsp3) is 0.111. The first kappa shape index (κ1) is 21.6. The Kier molecular flexibility index (Phi) is 8.15. The van der Waals surface area contributed by atoms with Crippen LogP contribution in [0.1, 0.15) is 11.1 Å². The van der Waals surface area contributed by atoms with E-state index in [9.17, 15) is 9.59 Å². The van der Waals surface area contributed by atoms with Crippen LogP contribution in [0.3, 0.4) is 0 Å². The minimum absolute atomic E-state index is 0.568. The Morgan fingerprint density at radius 3 is 1.57 bits per heavy atom. The SMILES string of the molecule is COc1ccc(Br)cc1/C=N/NC(=O)C(=O)N/N=C/c1cc(Br)ccc1OC. The molecule has 0 aliphatic rings. The molecule has 2 rings (SSSR count). The number of carbonyl (C=O) groups is 2. The number of nitrogens with zero attached hydrogens (tertiary/aromatic N) is 2. The molecule has 28 heavy (non-hydrogen) atoms. The highest BCUT2D eigenvalue weighted by atomic mass is 79.9. The fourth-order valence-corrected chi connectivity index (χ4v) is 2.79. The zero-order chi connectivity index (χ0) is 20.5. The van der Waals surface area contributed by atoms with Gasteiger partial charge in [-0.2, -0.15) is 10.2 Å². The van der Waals surface area contributed by atoms with Gasteiger partial charge < -0.3 is 9.47 Å². The van der Waals surface area contributed by atoms with E-state index in [1.165, 1.54) is 26.6 Å². The summed E-state index contributed by atoms with van der Waals surface area (Å²) in [5.74, 6) is -0.802. The summed E-state index contributed by atoms with van der Waals surface area (Å²) in [6.45, 7) is 0. The predicted molar refractivity (Wildman–Crippen MR) is 113 cm³/mol. The van der Waals surface area contributed by atoms with Crippen molar-refractivity contribution in [2.24, 2.45) is 10.2 Å². The number of hydrazone groups is 2. The number of nitrogens with one attached hydrogen (secondary N) is 2. The molecule has 146 valence electrons. The van der Waals surface area contributed by atoms with Crippen LogP contribution in [0.2, 0.25) is 0 Å². The summed E-state index contributed by atoms with van der Waals surface area (Å²) >= 11 is 6.67. The molecule has 2 aromatic rings. The van der Waals surface area contributed by atoms with Crippen molar-refractivity contribution in [1.29, 1.82) is 0 Å². The second kappa shape index (κ2) is 10.6. The third-order valence-corrected chi connectivity index (χ3v) is 4.32. The normalized spacial score (nSPS) is 10.9. The van der Waals surface area contributed by atoms with E-state index in [4.69, 9.17) is 9.47 Å². The molecule has 0 atom stereocenters. The van der Waals surface area contributed by atoms with E-state index in [2.05, 4.69) is 52.9 Å². The van der Waals surface area contributed by atoms with E-state index in [1.54, 1.807) is 36.4 Å². The van der Waals surface area contributed by atoms with Gasteiger partial charge in [-0.3, -0.25) is 9.59 Å². The Morgan fingerprint density at radius 2 is 1.21 bits per heavy atom. The quantitative estimate of drug-likeness (QED) is 0.353. The van der Waals surface area contributed by atoms with E-state index < -0.39 is 11.8 Å². The molecular weight excluding hydrogens is 496 g/mol. The molecule has 2 N–H and O–H groups in total. The van der Waals surface area contributed by atoms with Crippen LogP contribution in [0, 0.1) is 0 Å². The fourth-order valence-electron chi connectivity index (χ4n) is 2.03. The predicted octanol–water partition coefficient (Wildman–Crippen LogP) is 2.83. The molecule has 0 fully saturated rings. The van der Waals surface area contributed by atoms with Crippen LogP contribution in [-0.2, 0) is 9.59 Å². The second-order valence-electron chi connectivity index (χ2n) is 5.17. The first-order chi connectivity index (χ1) is 13.4. The third kappa shape index (κ3) is 6.17. The number of halogens is 2. The van der Waals surface area contributed by atoms with Gasteiger partial charge in [-0.15, -0.1) is 0 Å². The molecule has 0 saturated carbocycles. The molecule has 10 heteroatoms. The Hall–Kier alpha value is -2.72. The van der Waals surface area contributed by atoms with Crippen LogP contribution in [0.15, 0.2) is 55.5 Å². The largest absolute Gasteiger partial charge is 0.496 e. The smallest absolute Gasteiger partial charge is 0.331 e. The van der Waals surface area contributed by atoms with Gasteiger partial charge in [0.05, 0.1) is 26.6 Å². The van der Waals surface area contributed by atoms with Crippen molar-refractivity contribution in [1.82, 2.24) is 10.9 Å². The molecule has 8 nitrogen and oxygen atoms in total. The van der Waals surface area contributed by atoms with Gasteiger partial charge in [0.2, 0.25) is 0 Å². The van der Waals surface area contributed by atoms with Gasteiger partial charge in [-0.05, 0) is 36.4 Å². The van der Waals surface area contributed by atoms with Crippen LogP contribution in [0.4, 0.5) is 0 Å². The minimum atomic E-state index is -0.969. The van der Waals surface area contributed by atoms with Gasteiger partial charge in [-0.25, -0.2) is 10.9 Å². The summed E-state index contributed by atoms with van der Waals surface area (Å²) in [5.41, 5.74) is 5.49. The lowest BCUT2D eigenvalue weighted by molar-refractivity contribution is -0.139. The first-order valence-corrected chi connectivity index (χ1v) is 9.36. The first-order valence-electron chi connectivity index (χ1n) is 7.78. The van der Waals surface area contributed by atoms with Crippen molar-refractivity contribution in [2.45, 2.75) is 0 Å². The van der Waals surface area contributed by atoms with Crippen LogP contribution < -0.4 is 20.3 Å². The van der Waals surface area contributed by atoms with Crippen molar-refractivity contribution in [2.75, 3.05) is 14.2 Å². The van der Waals surface area contributed by atoms with Crippen LogP contribution in [-0.4, -0.2) is 38.5 Å².